The van der Waals surface area contributed by atoms with Gasteiger partial charge >= 0.3 is 0 Å². The highest BCUT2D eigenvalue weighted by atomic mass is 16.7. The van der Waals surface area contributed by atoms with Gasteiger partial charge in [0.25, 0.3) is 0 Å². The van der Waals surface area contributed by atoms with E-state index in [-0.39, 0.29) is 0 Å². The van der Waals surface area contributed by atoms with Crippen molar-refractivity contribution in [3.63, 3.8) is 0 Å². The van der Waals surface area contributed by atoms with Crippen LogP contribution in [-0.4, -0.2) is 43.9 Å². The van der Waals surface area contributed by atoms with Crippen molar-refractivity contribution < 1.29 is 28.4 Å². The molecule has 0 N–H and O–H groups in total. The van der Waals surface area contributed by atoms with E-state index >= 15 is 0 Å². The molecule has 1 fully saturated rings. The Labute approximate surface area is 322 Å². The summed E-state index contributed by atoms with van der Waals surface area (Å²) in [6.07, 6.45) is 3.64. The molecule has 1 aliphatic heterocycles. The fourth-order valence-electron chi connectivity index (χ4n) is 6.93. The lowest BCUT2D eigenvalue weighted by Gasteiger charge is -2.46. The zero-order valence-electron chi connectivity index (χ0n) is 31.6. The van der Waals surface area contributed by atoms with Crippen molar-refractivity contribution in [2.45, 2.75) is 102 Å². The van der Waals surface area contributed by atoms with Crippen molar-refractivity contribution in [2.24, 2.45) is 0 Å². The van der Waals surface area contributed by atoms with E-state index < -0.39 is 36.8 Å². The molecule has 54 heavy (non-hydrogen) atoms. The first-order valence-corrected chi connectivity index (χ1v) is 19.7. The quantitative estimate of drug-likeness (QED) is 0.0662. The van der Waals surface area contributed by atoms with Crippen LogP contribution in [0.5, 0.6) is 0 Å². The lowest BCUT2D eigenvalue weighted by molar-refractivity contribution is -0.331. The standard InChI is InChI=1S/C48H56O6/c1-2-3-4-5-6-22-33-50-48-47(54-44(41-29-18-10-19-30-41)42-31-20-11-21-32-42)46(52-36-40-27-16-9-17-28-40)45(51-35-39-25-14-8-15-26-39)43(53-48)37-49-34-38-23-12-7-13-24-38/h7-21,23-32,43-48H,2-6,22,33-37H2,1H3/t43-,45-,46+,47+,48-/m1/s1. The molecule has 1 heterocycles. The first kappa shape index (κ1) is 39.6. The highest BCUT2D eigenvalue weighted by molar-refractivity contribution is 5.30. The molecule has 0 unspecified atom stereocenters. The first-order valence-electron chi connectivity index (χ1n) is 19.7. The second-order valence-corrected chi connectivity index (χ2v) is 14.0. The molecule has 284 valence electrons. The summed E-state index contributed by atoms with van der Waals surface area (Å²) in [5, 5.41) is 0. The van der Waals surface area contributed by atoms with Crippen LogP contribution in [-0.2, 0) is 48.2 Å². The van der Waals surface area contributed by atoms with Crippen LogP contribution < -0.4 is 0 Å². The third-order valence-electron chi connectivity index (χ3n) is 9.83. The fraction of sp³-hybridized carbons (Fsp3) is 0.375. The lowest BCUT2D eigenvalue weighted by atomic mass is 9.96. The average Bonchev–Trinajstić information content (AvgIpc) is 3.23. The molecule has 6 rings (SSSR count). The maximum Gasteiger partial charge on any atom is 0.186 e. The molecule has 0 spiro atoms. The maximum atomic E-state index is 7.30. The van der Waals surface area contributed by atoms with Gasteiger partial charge in [-0.05, 0) is 34.2 Å². The van der Waals surface area contributed by atoms with E-state index in [4.69, 9.17) is 28.4 Å². The van der Waals surface area contributed by atoms with E-state index in [1.165, 1.54) is 25.7 Å². The van der Waals surface area contributed by atoms with Crippen molar-refractivity contribution in [1.29, 1.82) is 0 Å². The van der Waals surface area contributed by atoms with Crippen molar-refractivity contribution in [1.82, 2.24) is 0 Å². The summed E-state index contributed by atoms with van der Waals surface area (Å²) in [5.41, 5.74) is 5.30. The van der Waals surface area contributed by atoms with Gasteiger partial charge in [0.2, 0.25) is 0 Å². The smallest absolute Gasteiger partial charge is 0.186 e. The molecule has 5 aromatic carbocycles. The Balaban J connectivity index is 1.34. The molecule has 0 amide bonds. The number of benzene rings is 5. The molecule has 0 radical (unpaired) electrons. The average molecular weight is 729 g/mol. The van der Waals surface area contributed by atoms with Crippen LogP contribution in [0, 0.1) is 0 Å². The second kappa shape index (κ2) is 22.3. The molecular weight excluding hydrogens is 673 g/mol. The van der Waals surface area contributed by atoms with Crippen LogP contribution in [0.2, 0.25) is 0 Å². The minimum Gasteiger partial charge on any atom is -0.374 e. The highest BCUT2D eigenvalue weighted by Gasteiger charge is 2.50. The maximum absolute atomic E-state index is 7.30. The molecule has 0 bridgehead atoms. The highest BCUT2D eigenvalue weighted by Crippen LogP contribution is 2.36. The third kappa shape index (κ3) is 12.2. The van der Waals surface area contributed by atoms with Gasteiger partial charge in [-0.15, -0.1) is 0 Å². The Morgan fingerprint density at radius 2 is 0.944 bits per heavy atom. The van der Waals surface area contributed by atoms with Gasteiger partial charge in [-0.25, -0.2) is 0 Å². The second-order valence-electron chi connectivity index (χ2n) is 14.0. The number of hydrogen-bond donors (Lipinski definition) is 0. The predicted molar refractivity (Wildman–Crippen MR) is 214 cm³/mol. The Morgan fingerprint density at radius 3 is 1.48 bits per heavy atom. The van der Waals surface area contributed by atoms with Crippen LogP contribution in [0.25, 0.3) is 0 Å². The summed E-state index contributed by atoms with van der Waals surface area (Å²) in [4.78, 5) is 0. The molecule has 0 aliphatic carbocycles. The molecule has 6 nitrogen and oxygen atoms in total. The van der Waals surface area contributed by atoms with Crippen molar-refractivity contribution in [3.8, 4) is 0 Å². The van der Waals surface area contributed by atoms with Gasteiger partial charge in [0.15, 0.2) is 6.29 Å². The zero-order valence-corrected chi connectivity index (χ0v) is 31.6. The summed E-state index contributed by atoms with van der Waals surface area (Å²) >= 11 is 0. The van der Waals surface area contributed by atoms with E-state index in [0.29, 0.717) is 33.0 Å². The van der Waals surface area contributed by atoms with Crippen molar-refractivity contribution in [3.05, 3.63) is 179 Å². The van der Waals surface area contributed by atoms with Crippen LogP contribution in [0.3, 0.4) is 0 Å². The summed E-state index contributed by atoms with van der Waals surface area (Å²) in [5.74, 6) is 0. The monoisotopic (exact) mass is 728 g/mol. The van der Waals surface area contributed by atoms with Gasteiger partial charge < -0.3 is 28.4 Å². The SMILES string of the molecule is CCCCCCCCO[C@@H]1O[C@H](COCc2ccccc2)[C@@H](OCc2ccccc2)[C@H](OCc2ccccc2)[C@@H]1OC(c1ccccc1)c1ccccc1. The molecule has 1 aliphatic rings. The summed E-state index contributed by atoms with van der Waals surface area (Å²) in [6.45, 7) is 4.30. The number of rotatable bonds is 22. The lowest BCUT2D eigenvalue weighted by Crippen LogP contribution is -2.62. The number of ether oxygens (including phenoxy) is 6. The minimum absolute atomic E-state index is 0.296. The van der Waals surface area contributed by atoms with Gasteiger partial charge in [0.05, 0.1) is 26.4 Å². The summed E-state index contributed by atoms with van der Waals surface area (Å²) in [7, 11) is 0. The van der Waals surface area contributed by atoms with Crippen LogP contribution >= 0.6 is 0 Å². The molecule has 5 aromatic rings. The molecular formula is C48H56O6. The predicted octanol–water partition coefficient (Wildman–Crippen LogP) is 10.7. The normalized spacial score (nSPS) is 19.9. The fourth-order valence-corrected chi connectivity index (χ4v) is 6.93. The van der Waals surface area contributed by atoms with E-state index in [2.05, 4.69) is 67.6 Å². The zero-order chi connectivity index (χ0) is 37.0. The van der Waals surface area contributed by atoms with Gasteiger partial charge in [-0.3, -0.25) is 0 Å². The Bertz CT molecular complexity index is 1650. The van der Waals surface area contributed by atoms with Gasteiger partial charge in [0, 0.05) is 6.61 Å². The van der Waals surface area contributed by atoms with Gasteiger partial charge in [-0.2, -0.15) is 0 Å². The van der Waals surface area contributed by atoms with E-state index in [1.54, 1.807) is 0 Å². The summed E-state index contributed by atoms with van der Waals surface area (Å²) < 4.78 is 41.2. The van der Waals surface area contributed by atoms with Crippen molar-refractivity contribution >= 4 is 0 Å². The van der Waals surface area contributed by atoms with Crippen LogP contribution in [0.4, 0.5) is 0 Å². The van der Waals surface area contributed by atoms with E-state index in [9.17, 15) is 0 Å². The minimum atomic E-state index is -0.724. The molecule has 0 aromatic heterocycles. The molecule has 5 atom stereocenters. The first-order chi connectivity index (χ1) is 26.8. The summed E-state index contributed by atoms with van der Waals surface area (Å²) in [6, 6.07) is 51.4. The number of unbranched alkanes of at least 4 members (excludes halogenated alkanes) is 5. The molecule has 6 heteroatoms. The van der Waals surface area contributed by atoms with Gasteiger partial charge in [0.1, 0.15) is 30.5 Å². The Morgan fingerprint density at radius 1 is 0.481 bits per heavy atom. The molecule has 1 saturated heterocycles. The van der Waals surface area contributed by atoms with Gasteiger partial charge in [-0.1, -0.05) is 191 Å². The Kier molecular flexibility index (Phi) is 16.3. The number of hydrogen-bond acceptors (Lipinski definition) is 6. The third-order valence-corrected chi connectivity index (χ3v) is 9.83. The van der Waals surface area contributed by atoms with E-state index in [1.807, 2.05) is 91.0 Å². The van der Waals surface area contributed by atoms with Crippen LogP contribution in [0.1, 0.15) is 79.4 Å². The largest absolute Gasteiger partial charge is 0.374 e. The Hall–Kier alpha value is -4.14. The van der Waals surface area contributed by atoms with E-state index in [0.717, 1.165) is 40.7 Å². The van der Waals surface area contributed by atoms with Crippen LogP contribution in [0.15, 0.2) is 152 Å². The topological polar surface area (TPSA) is 55.4 Å². The molecule has 0 saturated carbocycles. The van der Waals surface area contributed by atoms with Crippen molar-refractivity contribution in [2.75, 3.05) is 13.2 Å².